The molecule has 2 aromatic carbocycles. The van der Waals surface area contributed by atoms with E-state index in [-0.39, 0.29) is 33.0 Å². The van der Waals surface area contributed by atoms with Gasteiger partial charge >= 0.3 is 0 Å². The van der Waals surface area contributed by atoms with Gasteiger partial charge in [-0.1, -0.05) is 23.2 Å². The minimum absolute atomic E-state index is 0.123. The van der Waals surface area contributed by atoms with Gasteiger partial charge in [0.25, 0.3) is 5.91 Å². The smallest absolute Gasteiger partial charge is 0.258 e. The zero-order valence-electron chi connectivity index (χ0n) is 17.5. The molecular weight excluding hydrogens is 449 g/mol. The molecule has 1 unspecified atom stereocenters. The van der Waals surface area contributed by atoms with E-state index in [1.807, 2.05) is 0 Å². The summed E-state index contributed by atoms with van der Waals surface area (Å²) in [5.41, 5.74) is 0.416. The zero-order chi connectivity index (χ0) is 23.1. The number of Topliss-reactive ketones (excluding diaryl/α,β-unsaturated/α-hetero) is 1. The van der Waals surface area contributed by atoms with E-state index in [2.05, 4.69) is 15.5 Å². The molecule has 0 aliphatic rings. The van der Waals surface area contributed by atoms with Crippen molar-refractivity contribution >= 4 is 46.3 Å². The molecule has 1 atom stereocenters. The highest BCUT2D eigenvalue weighted by Crippen LogP contribution is 2.42. The highest BCUT2D eigenvalue weighted by Gasteiger charge is 2.25. The molecule has 11 heteroatoms. The van der Waals surface area contributed by atoms with Crippen molar-refractivity contribution in [3.05, 3.63) is 34.3 Å². The number of ether oxygens (including phenoxy) is 4. The Morgan fingerprint density at radius 3 is 2.00 bits per heavy atom. The van der Waals surface area contributed by atoms with Crippen LogP contribution < -0.4 is 24.3 Å². The fraction of sp³-hybridized carbons (Fsp3) is 0.300. The largest absolute Gasteiger partial charge is 0.495 e. The standard InChI is InChI=1S/C20H21Cl2N3O6/c1-10(26)17(24-25-18-12(21)6-7-13(28-2)19(18)31-5)20(27)23-11-8-14(29-3)16(22)15(9-11)30-4/h6-9,17H,1-5H3,(H,23,27). The quantitative estimate of drug-likeness (QED) is 0.420. The van der Waals surface area contributed by atoms with Gasteiger partial charge in [-0.15, -0.1) is 5.11 Å². The van der Waals surface area contributed by atoms with Gasteiger partial charge in [0.1, 0.15) is 22.2 Å². The lowest BCUT2D eigenvalue weighted by Crippen LogP contribution is -2.31. The third kappa shape index (κ3) is 5.56. The van der Waals surface area contributed by atoms with Gasteiger partial charge in [-0.05, 0) is 19.1 Å². The van der Waals surface area contributed by atoms with Gasteiger partial charge < -0.3 is 24.3 Å². The Morgan fingerprint density at radius 1 is 0.935 bits per heavy atom. The minimum atomic E-state index is -1.44. The second-order valence-electron chi connectivity index (χ2n) is 6.04. The molecule has 0 aliphatic carbocycles. The molecule has 2 aromatic rings. The molecule has 0 bridgehead atoms. The average molecular weight is 470 g/mol. The Morgan fingerprint density at radius 2 is 1.52 bits per heavy atom. The molecule has 0 aromatic heterocycles. The average Bonchev–Trinajstić information content (AvgIpc) is 2.75. The number of hydrogen-bond donors (Lipinski definition) is 1. The van der Waals surface area contributed by atoms with Gasteiger partial charge in [-0.2, -0.15) is 5.11 Å². The van der Waals surface area contributed by atoms with Crippen molar-refractivity contribution in [2.24, 2.45) is 10.2 Å². The second-order valence-corrected chi connectivity index (χ2v) is 6.83. The van der Waals surface area contributed by atoms with Crippen LogP contribution in [0.3, 0.4) is 0 Å². The predicted octanol–water partition coefficient (Wildman–Crippen LogP) is 4.71. The summed E-state index contributed by atoms with van der Waals surface area (Å²) in [5, 5.41) is 10.9. The van der Waals surface area contributed by atoms with E-state index >= 15 is 0 Å². The molecule has 31 heavy (non-hydrogen) atoms. The molecule has 0 radical (unpaired) electrons. The number of rotatable bonds is 9. The fourth-order valence-electron chi connectivity index (χ4n) is 2.57. The Hall–Kier alpha value is -3.04. The predicted molar refractivity (Wildman–Crippen MR) is 117 cm³/mol. The lowest BCUT2D eigenvalue weighted by atomic mass is 10.2. The van der Waals surface area contributed by atoms with E-state index < -0.39 is 17.7 Å². The third-order valence-electron chi connectivity index (χ3n) is 4.09. The van der Waals surface area contributed by atoms with E-state index in [0.29, 0.717) is 11.4 Å². The van der Waals surface area contributed by atoms with Gasteiger partial charge in [-0.25, -0.2) is 0 Å². The van der Waals surface area contributed by atoms with Crippen LogP contribution in [0.5, 0.6) is 23.0 Å². The summed E-state index contributed by atoms with van der Waals surface area (Å²) in [6, 6.07) is 4.65. The molecule has 1 amide bonds. The number of methoxy groups -OCH3 is 4. The SMILES string of the molecule is COc1cc(NC(=O)C(N=Nc2c(Cl)ccc(OC)c2OC)C(C)=O)cc(OC)c1Cl. The number of carbonyl (C=O) groups excluding carboxylic acids is 2. The highest BCUT2D eigenvalue weighted by molar-refractivity contribution is 6.34. The van der Waals surface area contributed by atoms with Crippen LogP contribution in [0.15, 0.2) is 34.5 Å². The molecule has 166 valence electrons. The van der Waals surface area contributed by atoms with Crippen LogP contribution in [0, 0.1) is 0 Å². The number of nitrogens with one attached hydrogen (secondary N) is 1. The van der Waals surface area contributed by atoms with Gasteiger partial charge in [0.05, 0.1) is 33.5 Å². The number of anilines is 1. The van der Waals surface area contributed by atoms with Gasteiger partial charge in [0.2, 0.25) is 6.04 Å². The number of carbonyl (C=O) groups is 2. The first-order valence-electron chi connectivity index (χ1n) is 8.81. The monoisotopic (exact) mass is 469 g/mol. The normalized spacial score (nSPS) is 11.7. The number of halogens is 2. The Kier molecular flexibility index (Phi) is 8.47. The van der Waals surface area contributed by atoms with Gasteiger partial charge in [0, 0.05) is 17.8 Å². The summed E-state index contributed by atoms with van der Waals surface area (Å²) in [5.74, 6) is -0.109. The first kappa shape index (κ1) is 24.2. The molecular formula is C20H21Cl2N3O6. The minimum Gasteiger partial charge on any atom is -0.495 e. The molecule has 0 spiro atoms. The maximum Gasteiger partial charge on any atom is 0.258 e. The Balaban J connectivity index is 2.36. The lowest BCUT2D eigenvalue weighted by molar-refractivity contribution is -0.126. The molecule has 0 aliphatic heterocycles. The van der Waals surface area contributed by atoms with E-state index in [4.69, 9.17) is 42.1 Å². The van der Waals surface area contributed by atoms with Crippen LogP contribution >= 0.6 is 23.2 Å². The first-order valence-corrected chi connectivity index (χ1v) is 9.57. The Labute approximate surface area is 189 Å². The summed E-state index contributed by atoms with van der Waals surface area (Å²) in [4.78, 5) is 24.8. The molecule has 1 N–H and O–H groups in total. The molecule has 0 fully saturated rings. The van der Waals surface area contributed by atoms with Crippen LogP contribution in [-0.4, -0.2) is 46.2 Å². The maximum absolute atomic E-state index is 12.7. The van der Waals surface area contributed by atoms with E-state index in [0.717, 1.165) is 0 Å². The van der Waals surface area contributed by atoms with Gasteiger partial charge in [-0.3, -0.25) is 9.59 Å². The maximum atomic E-state index is 12.7. The number of nitrogens with zero attached hydrogens (tertiary/aromatic N) is 2. The van der Waals surface area contributed by atoms with E-state index in [9.17, 15) is 9.59 Å². The van der Waals surface area contributed by atoms with Crippen molar-refractivity contribution in [3.8, 4) is 23.0 Å². The van der Waals surface area contributed by atoms with Crippen molar-refractivity contribution in [1.82, 2.24) is 0 Å². The van der Waals surface area contributed by atoms with Crippen molar-refractivity contribution in [2.75, 3.05) is 33.8 Å². The second kappa shape index (κ2) is 10.8. The number of amides is 1. The summed E-state index contributed by atoms with van der Waals surface area (Å²) in [7, 11) is 5.70. The number of ketones is 1. The molecule has 0 saturated heterocycles. The van der Waals surface area contributed by atoms with Gasteiger partial charge in [0.15, 0.2) is 17.3 Å². The summed E-state index contributed by atoms with van der Waals surface area (Å²) < 4.78 is 20.8. The van der Waals surface area contributed by atoms with Crippen molar-refractivity contribution in [1.29, 1.82) is 0 Å². The zero-order valence-corrected chi connectivity index (χ0v) is 19.0. The first-order chi connectivity index (χ1) is 14.8. The number of hydrogen-bond acceptors (Lipinski definition) is 8. The van der Waals surface area contributed by atoms with E-state index in [1.54, 1.807) is 6.07 Å². The lowest BCUT2D eigenvalue weighted by Gasteiger charge is -2.14. The summed E-state index contributed by atoms with van der Waals surface area (Å²) in [6.45, 7) is 1.22. The number of azo groups is 1. The summed E-state index contributed by atoms with van der Waals surface area (Å²) in [6.07, 6.45) is 0. The van der Waals surface area contributed by atoms with E-state index in [1.165, 1.54) is 53.6 Å². The summed E-state index contributed by atoms with van der Waals surface area (Å²) >= 11 is 12.3. The fourth-order valence-corrected chi connectivity index (χ4v) is 3.02. The van der Waals surface area contributed by atoms with Crippen LogP contribution in [-0.2, 0) is 9.59 Å². The third-order valence-corrected chi connectivity index (χ3v) is 4.77. The molecule has 2 rings (SSSR count). The number of benzene rings is 2. The molecule has 0 saturated carbocycles. The van der Waals surface area contributed by atoms with Crippen molar-refractivity contribution < 1.29 is 28.5 Å². The van der Waals surface area contributed by atoms with Crippen molar-refractivity contribution in [2.45, 2.75) is 13.0 Å². The molecule has 0 heterocycles. The van der Waals surface area contributed by atoms with Crippen LogP contribution in [0.4, 0.5) is 11.4 Å². The molecule has 9 nitrogen and oxygen atoms in total. The van der Waals surface area contributed by atoms with Crippen LogP contribution in [0.25, 0.3) is 0 Å². The topological polar surface area (TPSA) is 108 Å². The van der Waals surface area contributed by atoms with Crippen LogP contribution in [0.2, 0.25) is 10.0 Å². The van der Waals surface area contributed by atoms with Crippen LogP contribution in [0.1, 0.15) is 6.92 Å². The van der Waals surface area contributed by atoms with Crippen molar-refractivity contribution in [3.63, 3.8) is 0 Å². The Bertz CT molecular complexity index is 988. The highest BCUT2D eigenvalue weighted by atomic mass is 35.5.